The number of amides is 2. The highest BCUT2D eigenvalue weighted by Crippen LogP contribution is 2.36. The second-order valence-electron chi connectivity index (χ2n) is 6.05. The molecule has 1 aromatic carbocycles. The van der Waals surface area contributed by atoms with E-state index in [4.69, 9.17) is 0 Å². The Morgan fingerprint density at radius 3 is 3.17 bits per heavy atom. The van der Waals surface area contributed by atoms with Gasteiger partial charge in [0, 0.05) is 13.0 Å². The number of urea groups is 1. The van der Waals surface area contributed by atoms with Gasteiger partial charge in [-0.25, -0.2) is 4.79 Å². The molecular weight excluding hydrogens is 294 g/mol. The Morgan fingerprint density at radius 2 is 2.26 bits per heavy atom. The number of phenolic OH excluding ortho intramolecular Hbond substituents is 1. The molecular formula is C16H19N5O2. The number of aryl methyl sites for hydroxylation is 1. The first-order valence-electron chi connectivity index (χ1n) is 7.98. The van der Waals surface area contributed by atoms with Crippen LogP contribution in [-0.4, -0.2) is 25.9 Å². The van der Waals surface area contributed by atoms with E-state index in [1.54, 1.807) is 6.07 Å². The third-order valence-corrected chi connectivity index (χ3v) is 4.64. The summed E-state index contributed by atoms with van der Waals surface area (Å²) in [7, 11) is 0. The van der Waals surface area contributed by atoms with Crippen molar-refractivity contribution >= 4 is 6.03 Å². The summed E-state index contributed by atoms with van der Waals surface area (Å²) in [6.45, 7) is 1.30. The number of nitrogens with zero attached hydrogens (tertiary/aromatic N) is 3. The van der Waals surface area contributed by atoms with Crippen LogP contribution in [0.5, 0.6) is 5.75 Å². The maximum Gasteiger partial charge on any atom is 0.315 e. The molecule has 1 aliphatic heterocycles. The Bertz CT molecular complexity index is 755. The Morgan fingerprint density at radius 1 is 1.35 bits per heavy atom. The van der Waals surface area contributed by atoms with E-state index in [0.717, 1.165) is 55.0 Å². The Kier molecular flexibility index (Phi) is 3.40. The number of carbonyl (C=O) groups is 1. The molecule has 23 heavy (non-hydrogen) atoms. The van der Waals surface area contributed by atoms with Gasteiger partial charge in [-0.1, -0.05) is 12.1 Å². The molecule has 4 rings (SSSR count). The first-order valence-corrected chi connectivity index (χ1v) is 7.98. The topological polar surface area (TPSA) is 92.1 Å². The molecule has 1 aromatic heterocycles. The van der Waals surface area contributed by atoms with E-state index in [0.29, 0.717) is 12.3 Å². The van der Waals surface area contributed by atoms with Crippen molar-refractivity contribution in [2.75, 3.05) is 0 Å². The third-order valence-electron chi connectivity index (χ3n) is 4.64. The van der Waals surface area contributed by atoms with Gasteiger partial charge in [0.05, 0.1) is 12.6 Å². The molecule has 0 bridgehead atoms. The monoisotopic (exact) mass is 313 g/mol. The van der Waals surface area contributed by atoms with Crippen molar-refractivity contribution in [3.05, 3.63) is 41.0 Å². The maximum absolute atomic E-state index is 12.1. The number of fused-ring (bicyclic) bond motifs is 2. The van der Waals surface area contributed by atoms with E-state index in [-0.39, 0.29) is 12.1 Å². The van der Waals surface area contributed by atoms with Gasteiger partial charge in [-0.15, -0.1) is 10.2 Å². The van der Waals surface area contributed by atoms with E-state index in [1.165, 1.54) is 0 Å². The first kappa shape index (κ1) is 14.0. The molecule has 0 fully saturated rings. The fourth-order valence-corrected chi connectivity index (χ4v) is 3.50. The van der Waals surface area contributed by atoms with Gasteiger partial charge in [-0.3, -0.25) is 0 Å². The number of nitrogens with one attached hydrogen (secondary N) is 2. The Balaban J connectivity index is 1.37. The Labute approximate surface area is 133 Å². The average Bonchev–Trinajstić information content (AvgIpc) is 3.22. The zero-order valence-corrected chi connectivity index (χ0v) is 12.7. The molecule has 0 unspecified atom stereocenters. The van der Waals surface area contributed by atoms with Gasteiger partial charge in [0.15, 0.2) is 5.82 Å². The highest BCUT2D eigenvalue weighted by atomic mass is 16.3. The molecule has 2 aliphatic rings. The van der Waals surface area contributed by atoms with Gasteiger partial charge in [0.25, 0.3) is 0 Å². The predicted molar refractivity (Wildman–Crippen MR) is 82.9 cm³/mol. The lowest BCUT2D eigenvalue weighted by Crippen LogP contribution is -2.37. The molecule has 0 radical (unpaired) electrons. The van der Waals surface area contributed by atoms with Crippen molar-refractivity contribution < 1.29 is 9.90 Å². The second kappa shape index (κ2) is 5.57. The van der Waals surface area contributed by atoms with Crippen LogP contribution in [0.3, 0.4) is 0 Å². The van der Waals surface area contributed by atoms with Crippen LogP contribution >= 0.6 is 0 Å². The van der Waals surface area contributed by atoms with Gasteiger partial charge in [-0.2, -0.15) is 0 Å². The molecule has 2 aromatic rings. The van der Waals surface area contributed by atoms with Gasteiger partial charge in [0.1, 0.15) is 11.6 Å². The predicted octanol–water partition coefficient (Wildman–Crippen LogP) is 1.42. The van der Waals surface area contributed by atoms with Crippen molar-refractivity contribution in [1.29, 1.82) is 0 Å². The van der Waals surface area contributed by atoms with Crippen molar-refractivity contribution in [3.8, 4) is 5.75 Å². The summed E-state index contributed by atoms with van der Waals surface area (Å²) in [5.41, 5.74) is 1.94. The van der Waals surface area contributed by atoms with Crippen LogP contribution in [0.1, 0.15) is 41.7 Å². The van der Waals surface area contributed by atoms with Crippen LogP contribution in [0.4, 0.5) is 4.79 Å². The molecule has 0 saturated carbocycles. The van der Waals surface area contributed by atoms with E-state index in [2.05, 4.69) is 25.4 Å². The summed E-state index contributed by atoms with van der Waals surface area (Å²) in [5.74, 6) is 2.12. The summed E-state index contributed by atoms with van der Waals surface area (Å²) >= 11 is 0. The van der Waals surface area contributed by atoms with E-state index in [1.807, 2.05) is 12.1 Å². The number of aromatic nitrogens is 3. The molecule has 2 amide bonds. The van der Waals surface area contributed by atoms with Crippen molar-refractivity contribution in [3.63, 3.8) is 0 Å². The maximum atomic E-state index is 12.1. The normalized spacial score (nSPS) is 18.5. The fourth-order valence-electron chi connectivity index (χ4n) is 3.50. The first-order chi connectivity index (χ1) is 11.2. The lowest BCUT2D eigenvalue weighted by Gasteiger charge is -2.15. The number of rotatable bonds is 3. The third kappa shape index (κ3) is 2.52. The number of aromatic hydroxyl groups is 1. The van der Waals surface area contributed by atoms with E-state index < -0.39 is 0 Å². The molecule has 7 nitrogen and oxygen atoms in total. The molecule has 0 saturated heterocycles. The standard InChI is InChI=1S/C16H19N5O2/c22-13-4-1-3-10-11(13)6-7-12(10)18-16(23)17-9-15-20-19-14-5-2-8-21(14)15/h1,3-4,12,22H,2,5-9H2,(H2,17,18,23)/t12-/m1/s1. The van der Waals surface area contributed by atoms with Crippen LogP contribution in [0.2, 0.25) is 0 Å². The number of benzene rings is 1. The lowest BCUT2D eigenvalue weighted by molar-refractivity contribution is 0.236. The highest BCUT2D eigenvalue weighted by molar-refractivity contribution is 5.74. The molecule has 3 N–H and O–H groups in total. The van der Waals surface area contributed by atoms with Gasteiger partial charge < -0.3 is 20.3 Å². The molecule has 120 valence electrons. The molecule has 7 heteroatoms. The van der Waals surface area contributed by atoms with Gasteiger partial charge >= 0.3 is 6.03 Å². The fraction of sp³-hybridized carbons (Fsp3) is 0.438. The second-order valence-corrected chi connectivity index (χ2v) is 6.05. The smallest absolute Gasteiger partial charge is 0.315 e. The summed E-state index contributed by atoms with van der Waals surface area (Å²) < 4.78 is 2.07. The summed E-state index contributed by atoms with van der Waals surface area (Å²) in [5, 5.41) is 23.9. The number of hydrogen-bond donors (Lipinski definition) is 3. The zero-order chi connectivity index (χ0) is 15.8. The molecule has 1 aliphatic carbocycles. The minimum absolute atomic E-state index is 0.0544. The molecule has 2 heterocycles. The van der Waals surface area contributed by atoms with Crippen LogP contribution in [0, 0.1) is 0 Å². The number of phenols is 1. The Hall–Kier alpha value is -2.57. The number of carbonyl (C=O) groups excluding carboxylic acids is 1. The molecule has 1 atom stereocenters. The van der Waals surface area contributed by atoms with Gasteiger partial charge in [-0.05, 0) is 36.5 Å². The van der Waals surface area contributed by atoms with Crippen molar-refractivity contribution in [1.82, 2.24) is 25.4 Å². The van der Waals surface area contributed by atoms with Crippen molar-refractivity contribution in [2.24, 2.45) is 0 Å². The summed E-state index contributed by atoms with van der Waals surface area (Å²) in [4.78, 5) is 12.1. The van der Waals surface area contributed by atoms with E-state index in [9.17, 15) is 9.90 Å². The largest absolute Gasteiger partial charge is 0.508 e. The SMILES string of the molecule is O=C(NCc1nnc2n1CCC2)N[C@@H]1CCc2c(O)cccc21. The molecule has 0 spiro atoms. The highest BCUT2D eigenvalue weighted by Gasteiger charge is 2.26. The average molecular weight is 313 g/mol. The zero-order valence-electron chi connectivity index (χ0n) is 12.7. The lowest BCUT2D eigenvalue weighted by atomic mass is 10.1. The van der Waals surface area contributed by atoms with Crippen molar-refractivity contribution in [2.45, 2.75) is 44.8 Å². The summed E-state index contributed by atoms with van der Waals surface area (Å²) in [6.07, 6.45) is 3.64. The van der Waals surface area contributed by atoms with Gasteiger partial charge in [0.2, 0.25) is 0 Å². The minimum atomic E-state index is -0.221. The van der Waals surface area contributed by atoms with E-state index >= 15 is 0 Å². The quantitative estimate of drug-likeness (QED) is 0.799. The van der Waals surface area contributed by atoms with Crippen LogP contribution in [0.15, 0.2) is 18.2 Å². The van der Waals surface area contributed by atoms with Crippen LogP contribution < -0.4 is 10.6 Å². The van der Waals surface area contributed by atoms with Crippen LogP contribution in [0.25, 0.3) is 0 Å². The van der Waals surface area contributed by atoms with Crippen LogP contribution in [-0.2, 0) is 25.9 Å². The minimum Gasteiger partial charge on any atom is -0.508 e. The summed E-state index contributed by atoms with van der Waals surface area (Å²) in [6, 6.07) is 5.18. The number of hydrogen-bond acceptors (Lipinski definition) is 4.